The van der Waals surface area contributed by atoms with Crippen molar-refractivity contribution in [1.29, 1.82) is 0 Å². The average molecular weight is 502 g/mol. The Morgan fingerprint density at radius 2 is 1.81 bits per heavy atom. The summed E-state index contributed by atoms with van der Waals surface area (Å²) in [6.45, 7) is 5.50. The monoisotopic (exact) mass is 501 g/mol. The summed E-state index contributed by atoms with van der Waals surface area (Å²) < 4.78 is 38.5. The van der Waals surface area contributed by atoms with Crippen LogP contribution < -0.4 is 14.8 Å². The molecule has 2 fully saturated rings. The van der Waals surface area contributed by atoms with Gasteiger partial charge in [-0.25, -0.2) is 9.18 Å². The molecule has 4 rings (SSSR count). The highest BCUT2D eigenvalue weighted by Crippen LogP contribution is 2.38. The Labute approximate surface area is 211 Å². The molecule has 2 aromatic rings. The Bertz CT molecular complexity index is 1050. The first kappa shape index (κ1) is 26.2. The summed E-state index contributed by atoms with van der Waals surface area (Å²) in [6, 6.07) is 8.73. The summed E-state index contributed by atoms with van der Waals surface area (Å²) in [5, 5.41) is 13.2. The van der Waals surface area contributed by atoms with Crippen molar-refractivity contribution in [2.45, 2.75) is 70.6 Å². The zero-order valence-electron chi connectivity index (χ0n) is 21.1. The highest BCUT2D eigenvalue weighted by atomic mass is 19.1. The standard InChI is InChI=1S/C28H36FNO6/c1-3-34-22-16-24(26(29)25(17-22)35-4-2)23-10-9-20(15-19(23)18-36-21-7-5-6-8-21)30-28(27(31)32)11-13-33-14-12-28/h9-10,15-17,21,30H,3-8,11-14,18H2,1-2H3,(H,31,32). The molecule has 0 bridgehead atoms. The number of benzene rings is 2. The van der Waals surface area contributed by atoms with Gasteiger partial charge in [0.05, 0.1) is 25.9 Å². The van der Waals surface area contributed by atoms with Crippen molar-refractivity contribution in [1.82, 2.24) is 0 Å². The number of hydrogen-bond acceptors (Lipinski definition) is 6. The van der Waals surface area contributed by atoms with E-state index in [-0.39, 0.29) is 11.9 Å². The highest BCUT2D eigenvalue weighted by molar-refractivity contribution is 5.83. The van der Waals surface area contributed by atoms with E-state index in [1.807, 2.05) is 26.0 Å². The Kier molecular flexibility index (Phi) is 8.69. The van der Waals surface area contributed by atoms with Gasteiger partial charge in [0.15, 0.2) is 11.6 Å². The summed E-state index contributed by atoms with van der Waals surface area (Å²) >= 11 is 0. The van der Waals surface area contributed by atoms with Gasteiger partial charge >= 0.3 is 5.97 Å². The van der Waals surface area contributed by atoms with Crippen LogP contribution in [0.3, 0.4) is 0 Å². The Morgan fingerprint density at radius 1 is 1.08 bits per heavy atom. The molecule has 7 nitrogen and oxygen atoms in total. The Morgan fingerprint density at radius 3 is 2.47 bits per heavy atom. The van der Waals surface area contributed by atoms with E-state index in [1.54, 1.807) is 18.2 Å². The van der Waals surface area contributed by atoms with Crippen molar-refractivity contribution < 1.29 is 33.2 Å². The van der Waals surface area contributed by atoms with Crippen LogP contribution >= 0.6 is 0 Å². The number of carboxylic acid groups (broad SMARTS) is 1. The predicted molar refractivity (Wildman–Crippen MR) is 135 cm³/mol. The fraction of sp³-hybridized carbons (Fsp3) is 0.536. The SMILES string of the molecule is CCOc1cc(OCC)c(F)c(-c2ccc(NC3(C(=O)O)CCOCC3)cc2COC2CCCC2)c1. The molecule has 2 aromatic carbocycles. The first-order valence-electron chi connectivity index (χ1n) is 12.9. The number of hydrogen-bond donors (Lipinski definition) is 2. The molecule has 0 aromatic heterocycles. The predicted octanol–water partition coefficient (Wildman–Crippen LogP) is 5.80. The second-order valence-corrected chi connectivity index (χ2v) is 9.36. The fourth-order valence-electron chi connectivity index (χ4n) is 4.98. The van der Waals surface area contributed by atoms with Gasteiger partial charge in [-0.2, -0.15) is 0 Å². The number of halogens is 1. The average Bonchev–Trinajstić information content (AvgIpc) is 3.39. The molecule has 1 saturated heterocycles. The van der Waals surface area contributed by atoms with E-state index in [2.05, 4.69) is 5.32 Å². The smallest absolute Gasteiger partial charge is 0.329 e. The Hall–Kier alpha value is -2.84. The van der Waals surface area contributed by atoms with E-state index in [0.29, 0.717) is 68.4 Å². The Balaban J connectivity index is 1.73. The maximum Gasteiger partial charge on any atom is 0.329 e. The molecular weight excluding hydrogens is 465 g/mol. The van der Waals surface area contributed by atoms with Crippen LogP contribution in [0.2, 0.25) is 0 Å². The first-order chi connectivity index (χ1) is 17.5. The van der Waals surface area contributed by atoms with Gasteiger partial charge in [0.25, 0.3) is 0 Å². The lowest BCUT2D eigenvalue weighted by atomic mass is 9.89. The topological polar surface area (TPSA) is 86.3 Å². The molecule has 2 aliphatic rings. The number of ether oxygens (including phenoxy) is 4. The summed E-state index contributed by atoms with van der Waals surface area (Å²) in [5.74, 6) is -0.713. The number of carbonyl (C=O) groups is 1. The molecule has 0 unspecified atom stereocenters. The van der Waals surface area contributed by atoms with Gasteiger partial charge in [0, 0.05) is 43.4 Å². The number of nitrogens with one attached hydrogen (secondary N) is 1. The zero-order chi connectivity index (χ0) is 25.5. The van der Waals surface area contributed by atoms with E-state index in [0.717, 1.165) is 31.2 Å². The molecule has 1 saturated carbocycles. The van der Waals surface area contributed by atoms with Crippen molar-refractivity contribution in [3.8, 4) is 22.6 Å². The molecule has 0 amide bonds. The van der Waals surface area contributed by atoms with Crippen molar-refractivity contribution in [3.63, 3.8) is 0 Å². The van der Waals surface area contributed by atoms with Gasteiger partial charge in [0.2, 0.25) is 0 Å². The largest absolute Gasteiger partial charge is 0.494 e. The maximum absolute atomic E-state index is 15.6. The lowest BCUT2D eigenvalue weighted by molar-refractivity contribution is -0.145. The molecule has 1 aliphatic heterocycles. The minimum Gasteiger partial charge on any atom is -0.494 e. The molecule has 2 N–H and O–H groups in total. The summed E-state index contributed by atoms with van der Waals surface area (Å²) in [5.41, 5.74) is 1.34. The van der Waals surface area contributed by atoms with Crippen LogP contribution in [-0.4, -0.2) is 49.1 Å². The van der Waals surface area contributed by atoms with Crippen molar-refractivity contribution in [2.75, 3.05) is 31.7 Å². The van der Waals surface area contributed by atoms with Crippen LogP contribution in [0, 0.1) is 5.82 Å². The van der Waals surface area contributed by atoms with Gasteiger partial charge in [-0.05, 0) is 56.0 Å². The fourth-order valence-corrected chi connectivity index (χ4v) is 4.98. The molecule has 1 heterocycles. The quantitative estimate of drug-likeness (QED) is 0.403. The number of anilines is 1. The third-order valence-electron chi connectivity index (χ3n) is 6.94. The van der Waals surface area contributed by atoms with E-state index in [9.17, 15) is 9.90 Å². The zero-order valence-corrected chi connectivity index (χ0v) is 21.1. The normalized spacial score (nSPS) is 17.6. The molecule has 36 heavy (non-hydrogen) atoms. The molecule has 8 heteroatoms. The number of rotatable bonds is 11. The molecular formula is C28H36FNO6. The molecule has 1 aliphatic carbocycles. The van der Waals surface area contributed by atoms with Gasteiger partial charge in [-0.15, -0.1) is 0 Å². The third-order valence-corrected chi connectivity index (χ3v) is 6.94. The molecule has 196 valence electrons. The van der Waals surface area contributed by atoms with Crippen molar-refractivity contribution in [3.05, 3.63) is 41.7 Å². The van der Waals surface area contributed by atoms with Gasteiger partial charge in [0.1, 0.15) is 11.3 Å². The summed E-state index contributed by atoms with van der Waals surface area (Å²) in [7, 11) is 0. The van der Waals surface area contributed by atoms with Crippen LogP contribution in [0.15, 0.2) is 30.3 Å². The lowest BCUT2D eigenvalue weighted by Crippen LogP contribution is -2.50. The lowest BCUT2D eigenvalue weighted by Gasteiger charge is -2.35. The maximum atomic E-state index is 15.6. The van der Waals surface area contributed by atoms with Crippen LogP contribution in [0.25, 0.3) is 11.1 Å². The van der Waals surface area contributed by atoms with Crippen molar-refractivity contribution >= 4 is 11.7 Å². The van der Waals surface area contributed by atoms with Crippen LogP contribution in [0.4, 0.5) is 10.1 Å². The second kappa shape index (κ2) is 11.9. The number of carboxylic acids is 1. The first-order valence-corrected chi connectivity index (χ1v) is 12.9. The van der Waals surface area contributed by atoms with E-state index >= 15 is 4.39 Å². The van der Waals surface area contributed by atoms with Crippen molar-refractivity contribution in [2.24, 2.45) is 0 Å². The molecule has 0 radical (unpaired) electrons. The second-order valence-electron chi connectivity index (χ2n) is 9.36. The minimum atomic E-state index is -1.11. The van der Waals surface area contributed by atoms with Gasteiger partial charge in [-0.1, -0.05) is 18.9 Å². The number of aliphatic carboxylic acids is 1. The summed E-state index contributed by atoms with van der Waals surface area (Å²) in [6.07, 6.45) is 5.21. The van der Waals surface area contributed by atoms with Crippen LogP contribution in [0.1, 0.15) is 57.9 Å². The van der Waals surface area contributed by atoms with Gasteiger partial charge in [-0.3, -0.25) is 0 Å². The van der Waals surface area contributed by atoms with E-state index in [4.69, 9.17) is 18.9 Å². The molecule has 0 atom stereocenters. The summed E-state index contributed by atoms with van der Waals surface area (Å²) in [4.78, 5) is 12.2. The van der Waals surface area contributed by atoms with E-state index < -0.39 is 17.3 Å². The van der Waals surface area contributed by atoms with Gasteiger partial charge < -0.3 is 29.4 Å². The highest BCUT2D eigenvalue weighted by Gasteiger charge is 2.40. The van der Waals surface area contributed by atoms with Crippen LogP contribution in [0.5, 0.6) is 11.5 Å². The van der Waals surface area contributed by atoms with Crippen LogP contribution in [-0.2, 0) is 20.9 Å². The minimum absolute atomic E-state index is 0.135. The molecule has 0 spiro atoms. The van der Waals surface area contributed by atoms with E-state index in [1.165, 1.54) is 0 Å². The third kappa shape index (κ3) is 5.93.